The molecule has 0 saturated carbocycles. The fourth-order valence-corrected chi connectivity index (χ4v) is 14.9. The van der Waals surface area contributed by atoms with Crippen LogP contribution in [-0.4, -0.2) is 23.4 Å². The lowest BCUT2D eigenvalue weighted by Gasteiger charge is -2.25. The Morgan fingerprint density at radius 3 is 0.881 bits per heavy atom. The highest BCUT2D eigenvalue weighted by atomic mass is 14.7. The maximum absolute atomic E-state index is 5.41. The Balaban J connectivity index is 1.07. The van der Waals surface area contributed by atoms with E-state index in [1.165, 1.54) is 196 Å². The summed E-state index contributed by atoms with van der Waals surface area (Å²) in [4.78, 5) is 10.8. The van der Waals surface area contributed by atoms with Gasteiger partial charge in [-0.05, 0) is 167 Å². The highest BCUT2D eigenvalue weighted by molar-refractivity contribution is 6.86. The van der Waals surface area contributed by atoms with E-state index in [1.807, 2.05) is 0 Å². The van der Waals surface area contributed by atoms with E-state index in [1.54, 1.807) is 0 Å². The average Bonchev–Trinajstić information content (AvgIpc) is 1.58. The lowest BCUT2D eigenvalue weighted by atomic mass is 9.35. The van der Waals surface area contributed by atoms with Crippen LogP contribution in [0.3, 0.4) is 0 Å². The van der Waals surface area contributed by atoms with Gasteiger partial charge in [0.1, 0.15) is 0 Å². The number of aryl methyl sites for hydroxylation is 14. The van der Waals surface area contributed by atoms with Gasteiger partial charge in [-0.1, -0.05) is 275 Å². The molecule has 0 radical (unpaired) electrons. The summed E-state index contributed by atoms with van der Waals surface area (Å²) < 4.78 is 0. The van der Waals surface area contributed by atoms with Crippen molar-refractivity contribution in [1.82, 2.24) is 9.97 Å². The van der Waals surface area contributed by atoms with Gasteiger partial charge >= 0.3 is 0 Å². The van der Waals surface area contributed by atoms with Crippen molar-refractivity contribution in [3.63, 3.8) is 0 Å². The molecule has 2 nitrogen and oxygen atoms in total. The third-order valence-corrected chi connectivity index (χ3v) is 18.4. The van der Waals surface area contributed by atoms with Crippen LogP contribution in [0.5, 0.6) is 0 Å². The number of hydrogen-bond acceptors (Lipinski definition) is 2. The largest absolute Gasteiger partial charge is 0.256 e. The van der Waals surface area contributed by atoms with Gasteiger partial charge in [0.15, 0.2) is 0 Å². The first kappa shape index (κ1) is 61.5. The maximum Gasteiger partial charge on any atom is 0.215 e. The first-order chi connectivity index (χ1) is 40.5. The third kappa shape index (κ3) is 14.4. The van der Waals surface area contributed by atoms with Gasteiger partial charge in [-0.15, -0.1) is 0 Å². The molecule has 0 saturated heterocycles. The Morgan fingerprint density at radius 1 is 0.298 bits per heavy atom. The van der Waals surface area contributed by atoms with Gasteiger partial charge in [-0.25, -0.2) is 0 Å². The van der Waals surface area contributed by atoms with Crippen molar-refractivity contribution in [3.8, 4) is 44.8 Å². The van der Waals surface area contributed by atoms with Crippen molar-refractivity contribution in [3.05, 3.63) is 235 Å². The van der Waals surface area contributed by atoms with Crippen molar-refractivity contribution < 1.29 is 0 Å². The third-order valence-electron chi connectivity index (χ3n) is 18.4. The lowest BCUT2D eigenvalue weighted by molar-refractivity contribution is 0.632. The van der Waals surface area contributed by atoms with Crippen molar-refractivity contribution in [2.75, 3.05) is 0 Å². The standard InChI is InChI=1S/C80H94B2N2/c1-15-17-19-21-23-29-67-47-75(71-33-27-25-31-69(71)49-81(77-57(7)39-53(3)40-58(77)8)78-59(9)41-54(4)42-60(78)10)83-51-73(67)65-35-37-66(38-36-65)74-52-84-76(48-68(74)30-24-22-20-18-16-2)72-34-28-26-32-70(72)50-82(79-61(11)43-55(5)44-62(79)12)80-63(13)45-56(6)46-64(80)14/h25-28,31-48,51-52H,15-24,29-30,49-50H2,1-14H3. The summed E-state index contributed by atoms with van der Waals surface area (Å²) in [6.07, 6.45) is 20.6. The van der Waals surface area contributed by atoms with E-state index in [0.717, 1.165) is 49.7 Å². The van der Waals surface area contributed by atoms with E-state index in [-0.39, 0.29) is 13.4 Å². The van der Waals surface area contributed by atoms with Crippen LogP contribution in [0.4, 0.5) is 0 Å². The van der Waals surface area contributed by atoms with Crippen molar-refractivity contribution >= 4 is 35.3 Å². The van der Waals surface area contributed by atoms with Crippen LogP contribution in [0.1, 0.15) is 167 Å². The van der Waals surface area contributed by atoms with Gasteiger partial charge in [0, 0.05) is 34.6 Å². The van der Waals surface area contributed by atoms with Gasteiger partial charge in [0.25, 0.3) is 0 Å². The summed E-state index contributed by atoms with van der Waals surface area (Å²) in [5, 5.41) is 0. The molecule has 9 rings (SSSR count). The molecular formula is C80H94B2N2. The average molecular weight is 1110 g/mol. The molecule has 9 aromatic rings. The quantitative estimate of drug-likeness (QED) is 0.0445. The molecule has 2 aromatic heterocycles. The molecule has 0 N–H and O–H groups in total. The van der Waals surface area contributed by atoms with Crippen LogP contribution in [0.25, 0.3) is 44.8 Å². The van der Waals surface area contributed by atoms with E-state index < -0.39 is 0 Å². The zero-order valence-corrected chi connectivity index (χ0v) is 53.8. The van der Waals surface area contributed by atoms with E-state index >= 15 is 0 Å². The van der Waals surface area contributed by atoms with Crippen LogP contribution >= 0.6 is 0 Å². The first-order valence-electron chi connectivity index (χ1n) is 32.1. The van der Waals surface area contributed by atoms with Crippen LogP contribution in [0, 0.1) is 83.1 Å². The minimum Gasteiger partial charge on any atom is -0.256 e. The number of benzene rings is 7. The molecule has 0 atom stereocenters. The summed E-state index contributed by atoms with van der Waals surface area (Å²) in [5.41, 5.74) is 37.0. The molecule has 0 spiro atoms. The summed E-state index contributed by atoms with van der Waals surface area (Å²) >= 11 is 0. The highest BCUT2D eigenvalue weighted by Crippen LogP contribution is 2.35. The molecule has 0 amide bonds. The molecule has 7 aromatic carbocycles. The summed E-state index contributed by atoms with van der Waals surface area (Å²) in [6, 6.07) is 51.5. The van der Waals surface area contributed by atoms with Crippen LogP contribution < -0.4 is 21.9 Å². The zero-order valence-electron chi connectivity index (χ0n) is 53.8. The topological polar surface area (TPSA) is 25.8 Å². The SMILES string of the molecule is CCCCCCCc1cc(-c2ccccc2CB(c2c(C)cc(C)cc2C)c2c(C)cc(C)cc2C)ncc1-c1ccc(-c2cnc(-c3ccccc3CB(c3c(C)cc(C)cc3C)c3c(C)cc(C)cc3C)cc2CCCCCCC)cc1. The van der Waals surface area contributed by atoms with Crippen LogP contribution in [-0.2, 0) is 25.5 Å². The van der Waals surface area contributed by atoms with Crippen LogP contribution in [0.15, 0.2) is 146 Å². The highest BCUT2D eigenvalue weighted by Gasteiger charge is 2.30. The van der Waals surface area contributed by atoms with Crippen molar-refractivity contribution in [2.24, 2.45) is 0 Å². The second-order valence-corrected chi connectivity index (χ2v) is 25.4. The minimum atomic E-state index is 0.209. The molecule has 0 bridgehead atoms. The summed E-state index contributed by atoms with van der Waals surface area (Å²) in [6.45, 7) is 32.4. The Bertz CT molecular complexity index is 3300. The van der Waals surface area contributed by atoms with Crippen LogP contribution in [0.2, 0.25) is 0 Å². The number of pyridine rings is 2. The molecule has 0 fully saturated rings. The molecule has 0 aliphatic heterocycles. The van der Waals surface area contributed by atoms with Gasteiger partial charge in [0.05, 0.1) is 11.4 Å². The Labute approximate surface area is 508 Å². The molecule has 0 aliphatic carbocycles. The fourth-order valence-electron chi connectivity index (χ4n) is 14.9. The molecule has 430 valence electrons. The number of hydrogen-bond donors (Lipinski definition) is 0. The normalized spacial score (nSPS) is 11.4. The lowest BCUT2D eigenvalue weighted by Crippen LogP contribution is -2.49. The Kier molecular flexibility index (Phi) is 20.7. The van der Waals surface area contributed by atoms with Crippen molar-refractivity contribution in [2.45, 2.75) is 187 Å². The van der Waals surface area contributed by atoms with E-state index in [2.05, 4.69) is 243 Å². The predicted molar refractivity (Wildman–Crippen MR) is 369 cm³/mol. The van der Waals surface area contributed by atoms with Gasteiger partial charge in [-0.2, -0.15) is 0 Å². The molecular weight excluding hydrogens is 1010 g/mol. The summed E-state index contributed by atoms with van der Waals surface area (Å²) in [5.74, 6) is 0. The van der Waals surface area contributed by atoms with Crippen molar-refractivity contribution in [1.29, 1.82) is 0 Å². The van der Waals surface area contributed by atoms with E-state index in [4.69, 9.17) is 9.97 Å². The number of rotatable bonds is 24. The smallest absolute Gasteiger partial charge is 0.215 e. The van der Waals surface area contributed by atoms with E-state index in [9.17, 15) is 0 Å². The maximum atomic E-state index is 5.41. The number of aromatic nitrogens is 2. The molecule has 0 aliphatic rings. The molecule has 2 heterocycles. The van der Waals surface area contributed by atoms with Gasteiger partial charge < -0.3 is 0 Å². The number of nitrogens with zero attached hydrogens (tertiary/aromatic N) is 2. The molecule has 84 heavy (non-hydrogen) atoms. The Morgan fingerprint density at radius 2 is 0.583 bits per heavy atom. The fraction of sp³-hybridized carbons (Fsp3) is 0.350. The Hall–Kier alpha value is -7.03. The van der Waals surface area contributed by atoms with Gasteiger partial charge in [0.2, 0.25) is 13.4 Å². The van der Waals surface area contributed by atoms with Gasteiger partial charge in [-0.3, -0.25) is 9.97 Å². The zero-order chi connectivity index (χ0) is 59.6. The minimum absolute atomic E-state index is 0.209. The predicted octanol–water partition coefficient (Wildman–Crippen LogP) is 18.7. The molecule has 0 unspecified atom stereocenters. The second kappa shape index (κ2) is 28.2. The first-order valence-corrected chi connectivity index (χ1v) is 32.1. The second-order valence-electron chi connectivity index (χ2n) is 25.4. The number of unbranched alkanes of at least 4 members (excludes halogenated alkanes) is 8. The summed E-state index contributed by atoms with van der Waals surface area (Å²) in [7, 11) is 0. The molecule has 4 heteroatoms. The van der Waals surface area contributed by atoms with E-state index in [0.29, 0.717) is 0 Å². The monoisotopic (exact) mass is 1100 g/mol.